The number of carbonyl (C=O) groups is 1. The Hall–Kier alpha value is -2.57. The van der Waals surface area contributed by atoms with Crippen LogP contribution in [0.15, 0.2) is 36.4 Å². The molecule has 1 atom stereocenters. The van der Waals surface area contributed by atoms with Crippen LogP contribution in [-0.2, 0) is 16.0 Å². The van der Waals surface area contributed by atoms with Gasteiger partial charge in [-0.25, -0.2) is 0 Å². The van der Waals surface area contributed by atoms with E-state index in [1.54, 1.807) is 14.2 Å². The molecular formula is C25H34N2O4. The van der Waals surface area contributed by atoms with Crippen LogP contribution in [0.3, 0.4) is 0 Å². The van der Waals surface area contributed by atoms with Gasteiger partial charge in [0.2, 0.25) is 5.91 Å². The number of ether oxygens (including phenoxy) is 3. The Morgan fingerprint density at radius 3 is 2.48 bits per heavy atom. The normalized spacial score (nSPS) is 15.4. The predicted molar refractivity (Wildman–Crippen MR) is 122 cm³/mol. The molecule has 1 N–H and O–H groups in total. The first-order valence-electron chi connectivity index (χ1n) is 10.9. The molecule has 3 rings (SSSR count). The van der Waals surface area contributed by atoms with Gasteiger partial charge in [0.25, 0.3) is 0 Å². The highest BCUT2D eigenvalue weighted by Gasteiger charge is 2.24. The molecule has 0 spiro atoms. The van der Waals surface area contributed by atoms with Gasteiger partial charge in [-0.05, 0) is 49.1 Å². The number of nitrogens with one attached hydrogen (secondary N) is 1. The molecular weight excluding hydrogens is 392 g/mol. The van der Waals surface area contributed by atoms with Crippen LogP contribution in [0.4, 0.5) is 0 Å². The van der Waals surface area contributed by atoms with Crippen molar-refractivity contribution in [3.63, 3.8) is 0 Å². The summed E-state index contributed by atoms with van der Waals surface area (Å²) < 4.78 is 16.4. The van der Waals surface area contributed by atoms with Crippen LogP contribution in [0.25, 0.3) is 0 Å². The molecule has 0 bridgehead atoms. The molecule has 0 saturated carbocycles. The molecule has 0 aliphatic carbocycles. The highest BCUT2D eigenvalue weighted by atomic mass is 16.5. The lowest BCUT2D eigenvalue weighted by molar-refractivity contribution is -0.121. The van der Waals surface area contributed by atoms with Gasteiger partial charge in [0.05, 0.1) is 33.5 Å². The van der Waals surface area contributed by atoms with Crippen LogP contribution in [0.5, 0.6) is 11.5 Å². The Morgan fingerprint density at radius 2 is 1.81 bits per heavy atom. The first-order valence-corrected chi connectivity index (χ1v) is 10.9. The Bertz CT molecular complexity index is 878. The Labute approximate surface area is 185 Å². The number of benzene rings is 2. The molecule has 1 saturated heterocycles. The number of hydrogen-bond acceptors (Lipinski definition) is 5. The zero-order valence-corrected chi connectivity index (χ0v) is 19.1. The van der Waals surface area contributed by atoms with Gasteiger partial charge in [-0.3, -0.25) is 9.69 Å². The third-order valence-electron chi connectivity index (χ3n) is 5.89. The zero-order valence-electron chi connectivity index (χ0n) is 19.1. The molecule has 1 unspecified atom stereocenters. The van der Waals surface area contributed by atoms with Gasteiger partial charge < -0.3 is 19.5 Å². The maximum absolute atomic E-state index is 12.6. The number of methoxy groups -OCH3 is 2. The van der Waals surface area contributed by atoms with Crippen LogP contribution in [-0.4, -0.2) is 57.9 Å². The van der Waals surface area contributed by atoms with Crippen molar-refractivity contribution in [2.45, 2.75) is 32.7 Å². The largest absolute Gasteiger partial charge is 0.493 e. The minimum Gasteiger partial charge on any atom is -0.493 e. The van der Waals surface area contributed by atoms with E-state index in [1.807, 2.05) is 18.2 Å². The van der Waals surface area contributed by atoms with Crippen molar-refractivity contribution < 1.29 is 19.0 Å². The molecule has 6 heteroatoms. The Kier molecular flexibility index (Phi) is 8.32. The summed E-state index contributed by atoms with van der Waals surface area (Å²) in [5.74, 6) is 1.46. The number of morpholine rings is 1. The van der Waals surface area contributed by atoms with Crippen molar-refractivity contribution in [2.24, 2.45) is 0 Å². The molecule has 31 heavy (non-hydrogen) atoms. The minimum atomic E-state index is 0.0498. The molecule has 2 aromatic carbocycles. The van der Waals surface area contributed by atoms with Gasteiger partial charge in [-0.2, -0.15) is 0 Å². The van der Waals surface area contributed by atoms with E-state index in [-0.39, 0.29) is 11.9 Å². The lowest BCUT2D eigenvalue weighted by atomic mass is 10.0. The van der Waals surface area contributed by atoms with E-state index in [1.165, 1.54) is 16.7 Å². The third-order valence-corrected chi connectivity index (χ3v) is 5.89. The number of amides is 1. The quantitative estimate of drug-likeness (QED) is 0.666. The van der Waals surface area contributed by atoms with Gasteiger partial charge in [-0.15, -0.1) is 0 Å². The lowest BCUT2D eigenvalue weighted by Crippen LogP contribution is -2.43. The number of nitrogens with zero attached hydrogens (tertiary/aromatic N) is 1. The molecule has 1 fully saturated rings. The summed E-state index contributed by atoms with van der Waals surface area (Å²) in [5.41, 5.74) is 4.80. The second-order valence-corrected chi connectivity index (χ2v) is 8.01. The molecule has 0 radical (unpaired) electrons. The fourth-order valence-corrected chi connectivity index (χ4v) is 4.08. The highest BCUT2D eigenvalue weighted by Crippen LogP contribution is 2.32. The molecule has 0 aromatic heterocycles. The summed E-state index contributed by atoms with van der Waals surface area (Å²) in [7, 11) is 3.27. The van der Waals surface area contributed by atoms with Crippen LogP contribution < -0.4 is 14.8 Å². The Morgan fingerprint density at radius 1 is 1.06 bits per heavy atom. The van der Waals surface area contributed by atoms with E-state index in [0.717, 1.165) is 25.1 Å². The molecule has 1 aliphatic heterocycles. The molecule has 1 heterocycles. The van der Waals surface area contributed by atoms with Crippen molar-refractivity contribution in [1.82, 2.24) is 10.2 Å². The average Bonchev–Trinajstić information content (AvgIpc) is 2.79. The van der Waals surface area contributed by atoms with E-state index in [2.05, 4.69) is 42.3 Å². The van der Waals surface area contributed by atoms with Crippen LogP contribution >= 0.6 is 0 Å². The minimum absolute atomic E-state index is 0.0498. The van der Waals surface area contributed by atoms with E-state index in [4.69, 9.17) is 14.2 Å². The topological polar surface area (TPSA) is 60.0 Å². The number of carbonyl (C=O) groups excluding carboxylic acids is 1. The van der Waals surface area contributed by atoms with Gasteiger partial charge >= 0.3 is 0 Å². The second kappa shape index (κ2) is 11.2. The third kappa shape index (κ3) is 6.21. The van der Waals surface area contributed by atoms with E-state index in [9.17, 15) is 4.79 Å². The van der Waals surface area contributed by atoms with Gasteiger partial charge in [0.15, 0.2) is 11.5 Å². The van der Waals surface area contributed by atoms with Crippen LogP contribution in [0.1, 0.15) is 34.7 Å². The zero-order chi connectivity index (χ0) is 22.2. The summed E-state index contributed by atoms with van der Waals surface area (Å²) in [6.45, 7) is 7.79. The SMILES string of the molecule is COc1ccc(C(CNC(=O)CCc2ccc(C)cc2C)N2CCOCC2)cc1OC. The molecule has 6 nitrogen and oxygen atoms in total. The molecule has 1 amide bonds. The second-order valence-electron chi connectivity index (χ2n) is 8.01. The van der Waals surface area contributed by atoms with Gasteiger partial charge in [0.1, 0.15) is 0 Å². The average molecular weight is 427 g/mol. The summed E-state index contributed by atoms with van der Waals surface area (Å²) in [6.07, 6.45) is 1.22. The van der Waals surface area contributed by atoms with Gasteiger partial charge in [-0.1, -0.05) is 29.8 Å². The fraction of sp³-hybridized carbons (Fsp3) is 0.480. The molecule has 168 valence electrons. The van der Waals surface area contributed by atoms with Crippen molar-refractivity contribution in [1.29, 1.82) is 0 Å². The standard InChI is InChI=1S/C25H34N2O4/c1-18-5-6-20(19(2)15-18)8-10-25(28)26-17-22(27-11-13-31-14-12-27)21-7-9-23(29-3)24(16-21)30-4/h5-7,9,15-16,22H,8,10-14,17H2,1-4H3,(H,26,28). The molecule has 2 aromatic rings. The van der Waals surface area contributed by atoms with E-state index in [0.29, 0.717) is 37.7 Å². The maximum Gasteiger partial charge on any atom is 0.220 e. The van der Waals surface area contributed by atoms with Crippen molar-refractivity contribution >= 4 is 5.91 Å². The smallest absolute Gasteiger partial charge is 0.220 e. The number of aryl methyl sites for hydroxylation is 3. The summed E-state index contributed by atoms with van der Waals surface area (Å²) in [4.78, 5) is 15.0. The fourth-order valence-electron chi connectivity index (χ4n) is 4.08. The number of hydrogen-bond donors (Lipinski definition) is 1. The Balaban J connectivity index is 1.66. The summed E-state index contributed by atoms with van der Waals surface area (Å²) >= 11 is 0. The van der Waals surface area contributed by atoms with Crippen LogP contribution in [0, 0.1) is 13.8 Å². The summed E-state index contributed by atoms with van der Waals surface area (Å²) in [5, 5.41) is 3.15. The predicted octanol–water partition coefficient (Wildman–Crippen LogP) is 3.44. The first-order chi connectivity index (χ1) is 15.0. The lowest BCUT2D eigenvalue weighted by Gasteiger charge is -2.35. The summed E-state index contributed by atoms with van der Waals surface area (Å²) in [6, 6.07) is 12.4. The highest BCUT2D eigenvalue weighted by molar-refractivity contribution is 5.76. The van der Waals surface area contributed by atoms with E-state index >= 15 is 0 Å². The van der Waals surface area contributed by atoms with Crippen molar-refractivity contribution in [3.8, 4) is 11.5 Å². The van der Waals surface area contributed by atoms with E-state index < -0.39 is 0 Å². The number of rotatable bonds is 9. The van der Waals surface area contributed by atoms with Crippen molar-refractivity contribution in [3.05, 3.63) is 58.7 Å². The molecule has 1 aliphatic rings. The maximum atomic E-state index is 12.6. The van der Waals surface area contributed by atoms with Crippen molar-refractivity contribution in [2.75, 3.05) is 47.1 Å². The van der Waals surface area contributed by atoms with Crippen LogP contribution in [0.2, 0.25) is 0 Å². The van der Waals surface area contributed by atoms with Gasteiger partial charge in [0, 0.05) is 26.1 Å². The monoisotopic (exact) mass is 426 g/mol. The first kappa shape index (κ1) is 23.1.